The van der Waals surface area contributed by atoms with Crippen molar-refractivity contribution in [3.63, 3.8) is 0 Å². The molecule has 0 radical (unpaired) electrons. The quantitative estimate of drug-likeness (QED) is 0.607. The number of piperidine rings is 1. The highest BCUT2D eigenvalue weighted by Gasteiger charge is 2.47. The molecule has 1 saturated carbocycles. The van der Waals surface area contributed by atoms with Gasteiger partial charge in [-0.1, -0.05) is 6.92 Å². The van der Waals surface area contributed by atoms with E-state index in [4.69, 9.17) is 5.26 Å². The van der Waals surface area contributed by atoms with E-state index in [1.807, 2.05) is 13.0 Å². The van der Waals surface area contributed by atoms with Crippen molar-refractivity contribution in [2.24, 2.45) is 23.7 Å². The second-order valence-corrected chi connectivity index (χ2v) is 4.93. The number of hydrogen-bond donors (Lipinski definition) is 0. The van der Waals surface area contributed by atoms with Gasteiger partial charge in [0.05, 0.1) is 6.07 Å². The molecule has 2 fully saturated rings. The zero-order valence-electron chi connectivity index (χ0n) is 9.64. The summed E-state index contributed by atoms with van der Waals surface area (Å²) in [6, 6.07) is 2.03. The molecular weight excluding hydrogens is 204 g/mol. The standard InChI is InChI=1S/C12H16N2O2/c1-7-9-3-4-14(2)12(16)10(9)5-8(6-13)11(7)15/h7-10H,3-5H2,1-2H3. The van der Waals surface area contributed by atoms with Gasteiger partial charge in [0, 0.05) is 25.4 Å². The summed E-state index contributed by atoms with van der Waals surface area (Å²) in [6.07, 6.45) is 1.31. The van der Waals surface area contributed by atoms with Crippen molar-refractivity contribution < 1.29 is 9.59 Å². The fourth-order valence-corrected chi connectivity index (χ4v) is 3.01. The summed E-state index contributed by atoms with van der Waals surface area (Å²) in [5.41, 5.74) is 0. The van der Waals surface area contributed by atoms with E-state index in [-0.39, 0.29) is 29.4 Å². The van der Waals surface area contributed by atoms with Gasteiger partial charge in [0.1, 0.15) is 5.92 Å². The molecule has 0 aromatic rings. The molecule has 1 aliphatic heterocycles. The zero-order chi connectivity index (χ0) is 11.9. The number of carbonyl (C=O) groups excluding carboxylic acids is 2. The Balaban J connectivity index is 2.26. The van der Waals surface area contributed by atoms with Crippen LogP contribution in [0.15, 0.2) is 0 Å². The molecule has 2 rings (SSSR count). The lowest BCUT2D eigenvalue weighted by Gasteiger charge is -2.42. The molecule has 0 spiro atoms. The number of amides is 1. The van der Waals surface area contributed by atoms with Crippen LogP contribution in [0.4, 0.5) is 0 Å². The Hall–Kier alpha value is -1.37. The average Bonchev–Trinajstić information content (AvgIpc) is 2.28. The Morgan fingerprint density at radius 2 is 2.12 bits per heavy atom. The number of carbonyl (C=O) groups is 2. The van der Waals surface area contributed by atoms with E-state index in [1.165, 1.54) is 0 Å². The Morgan fingerprint density at radius 3 is 2.75 bits per heavy atom. The molecule has 0 aromatic carbocycles. The van der Waals surface area contributed by atoms with Crippen molar-refractivity contribution in [2.45, 2.75) is 19.8 Å². The number of rotatable bonds is 0. The third-order valence-corrected chi connectivity index (χ3v) is 4.09. The summed E-state index contributed by atoms with van der Waals surface area (Å²) < 4.78 is 0. The van der Waals surface area contributed by atoms with Crippen LogP contribution in [-0.4, -0.2) is 30.2 Å². The molecule has 1 heterocycles. The molecular formula is C12H16N2O2. The molecule has 0 aromatic heterocycles. The molecule has 2 aliphatic rings. The Labute approximate surface area is 95.2 Å². The molecule has 0 N–H and O–H groups in total. The highest BCUT2D eigenvalue weighted by atomic mass is 16.2. The number of fused-ring (bicyclic) bond motifs is 1. The van der Waals surface area contributed by atoms with Gasteiger partial charge in [0.15, 0.2) is 5.78 Å². The van der Waals surface area contributed by atoms with Crippen LogP contribution in [0.25, 0.3) is 0 Å². The number of ketones is 1. The van der Waals surface area contributed by atoms with Crippen LogP contribution in [-0.2, 0) is 9.59 Å². The van der Waals surface area contributed by atoms with Crippen molar-refractivity contribution >= 4 is 11.7 Å². The van der Waals surface area contributed by atoms with Crippen LogP contribution in [0.1, 0.15) is 19.8 Å². The van der Waals surface area contributed by atoms with Crippen LogP contribution >= 0.6 is 0 Å². The summed E-state index contributed by atoms with van der Waals surface area (Å²) in [4.78, 5) is 25.6. The third-order valence-electron chi connectivity index (χ3n) is 4.09. The summed E-state index contributed by atoms with van der Waals surface area (Å²) in [5.74, 6) is -0.540. The molecule has 86 valence electrons. The van der Waals surface area contributed by atoms with Gasteiger partial charge in [-0.2, -0.15) is 5.26 Å². The minimum atomic E-state index is -0.577. The number of nitriles is 1. The van der Waals surface area contributed by atoms with Crippen molar-refractivity contribution in [3.8, 4) is 6.07 Å². The summed E-state index contributed by atoms with van der Waals surface area (Å²) in [7, 11) is 1.79. The molecule has 1 saturated heterocycles. The van der Waals surface area contributed by atoms with Crippen LogP contribution < -0.4 is 0 Å². The maximum atomic E-state index is 12.0. The van der Waals surface area contributed by atoms with E-state index in [9.17, 15) is 9.59 Å². The second kappa shape index (κ2) is 3.89. The lowest BCUT2D eigenvalue weighted by Crippen LogP contribution is -2.51. The number of Topliss-reactive ketones (excluding diaryl/α,β-unsaturated/α-hetero) is 1. The maximum absolute atomic E-state index is 12.0. The summed E-state index contributed by atoms with van der Waals surface area (Å²) in [6.45, 7) is 2.59. The third kappa shape index (κ3) is 1.51. The van der Waals surface area contributed by atoms with Crippen molar-refractivity contribution in [2.75, 3.05) is 13.6 Å². The molecule has 4 unspecified atom stereocenters. The Morgan fingerprint density at radius 1 is 1.44 bits per heavy atom. The van der Waals surface area contributed by atoms with E-state index in [0.29, 0.717) is 6.42 Å². The first-order valence-corrected chi connectivity index (χ1v) is 5.74. The molecule has 1 amide bonds. The monoisotopic (exact) mass is 220 g/mol. The van der Waals surface area contributed by atoms with Crippen molar-refractivity contribution in [1.82, 2.24) is 4.90 Å². The smallest absolute Gasteiger partial charge is 0.225 e. The molecule has 1 aliphatic carbocycles. The Bertz CT molecular complexity index is 372. The first-order chi connectivity index (χ1) is 7.56. The lowest BCUT2D eigenvalue weighted by atomic mass is 9.65. The average molecular weight is 220 g/mol. The number of likely N-dealkylation sites (tertiary alicyclic amines) is 1. The normalized spacial score (nSPS) is 39.2. The molecule has 0 bridgehead atoms. The van der Waals surface area contributed by atoms with E-state index in [0.717, 1.165) is 13.0 Å². The fourth-order valence-electron chi connectivity index (χ4n) is 3.01. The van der Waals surface area contributed by atoms with Gasteiger partial charge >= 0.3 is 0 Å². The van der Waals surface area contributed by atoms with E-state index >= 15 is 0 Å². The first-order valence-electron chi connectivity index (χ1n) is 5.74. The van der Waals surface area contributed by atoms with Gasteiger partial charge in [0.25, 0.3) is 0 Å². The highest BCUT2D eigenvalue weighted by Crippen LogP contribution is 2.40. The van der Waals surface area contributed by atoms with Gasteiger partial charge in [0.2, 0.25) is 5.91 Å². The largest absolute Gasteiger partial charge is 0.346 e. The van der Waals surface area contributed by atoms with Crippen molar-refractivity contribution in [3.05, 3.63) is 0 Å². The molecule has 16 heavy (non-hydrogen) atoms. The van der Waals surface area contributed by atoms with Gasteiger partial charge < -0.3 is 4.90 Å². The van der Waals surface area contributed by atoms with Crippen LogP contribution in [0.3, 0.4) is 0 Å². The predicted molar refractivity (Wildman–Crippen MR) is 57.1 cm³/mol. The van der Waals surface area contributed by atoms with Crippen LogP contribution in [0, 0.1) is 35.0 Å². The summed E-state index contributed by atoms with van der Waals surface area (Å²) in [5, 5.41) is 8.93. The lowest BCUT2D eigenvalue weighted by molar-refractivity contribution is -0.147. The van der Waals surface area contributed by atoms with E-state index in [1.54, 1.807) is 11.9 Å². The van der Waals surface area contributed by atoms with Crippen LogP contribution in [0.2, 0.25) is 0 Å². The Kier molecular flexibility index (Phi) is 2.71. The van der Waals surface area contributed by atoms with Gasteiger partial charge in [-0.25, -0.2) is 0 Å². The maximum Gasteiger partial charge on any atom is 0.225 e. The minimum absolute atomic E-state index is 0.0288. The highest BCUT2D eigenvalue weighted by molar-refractivity contribution is 5.90. The zero-order valence-corrected chi connectivity index (χ0v) is 9.64. The first kappa shape index (κ1) is 11.1. The van der Waals surface area contributed by atoms with Gasteiger partial charge in [-0.15, -0.1) is 0 Å². The minimum Gasteiger partial charge on any atom is -0.346 e. The van der Waals surface area contributed by atoms with Gasteiger partial charge in [-0.3, -0.25) is 9.59 Å². The second-order valence-electron chi connectivity index (χ2n) is 4.93. The summed E-state index contributed by atoms with van der Waals surface area (Å²) >= 11 is 0. The topological polar surface area (TPSA) is 61.2 Å². The fraction of sp³-hybridized carbons (Fsp3) is 0.750. The van der Waals surface area contributed by atoms with E-state index < -0.39 is 5.92 Å². The van der Waals surface area contributed by atoms with Gasteiger partial charge in [-0.05, 0) is 18.8 Å². The molecule has 4 heteroatoms. The number of nitrogens with zero attached hydrogens (tertiary/aromatic N) is 2. The van der Waals surface area contributed by atoms with Crippen LogP contribution in [0.5, 0.6) is 0 Å². The molecule has 4 nitrogen and oxygen atoms in total. The van der Waals surface area contributed by atoms with Crippen molar-refractivity contribution in [1.29, 1.82) is 5.26 Å². The molecule has 4 atom stereocenters. The van der Waals surface area contributed by atoms with E-state index in [2.05, 4.69) is 0 Å². The predicted octanol–water partition coefficient (Wildman–Crippen LogP) is 0.830. The number of hydrogen-bond acceptors (Lipinski definition) is 3. The SMILES string of the molecule is CC1C(=O)C(C#N)CC2C(=O)N(C)CCC12.